The summed E-state index contributed by atoms with van der Waals surface area (Å²) in [6, 6.07) is 10.8. The Hall–Kier alpha value is -1.39. The smallest absolute Gasteiger partial charge is 0.0430 e. The Kier molecular flexibility index (Phi) is 5.76. The summed E-state index contributed by atoms with van der Waals surface area (Å²) in [4.78, 5) is 6.41. The third-order valence-corrected chi connectivity index (χ3v) is 4.19. The molecule has 0 aliphatic heterocycles. The Bertz CT molecular complexity index is 570. The van der Waals surface area contributed by atoms with Gasteiger partial charge in [-0.2, -0.15) is 0 Å². The maximum absolute atomic E-state index is 5.88. The van der Waals surface area contributed by atoms with Crippen molar-refractivity contribution in [2.75, 3.05) is 11.4 Å². The van der Waals surface area contributed by atoms with Gasteiger partial charge < -0.3 is 10.6 Å². The number of rotatable bonds is 6. The van der Waals surface area contributed by atoms with Crippen molar-refractivity contribution in [2.24, 2.45) is 5.73 Å². The maximum atomic E-state index is 5.88. The molecule has 0 spiro atoms. The first kappa shape index (κ1) is 16.0. The van der Waals surface area contributed by atoms with Gasteiger partial charge in [-0.25, -0.2) is 0 Å². The molecule has 2 aromatic rings. The predicted octanol–water partition coefficient (Wildman–Crippen LogP) is 3.76. The van der Waals surface area contributed by atoms with Gasteiger partial charge in [0.25, 0.3) is 0 Å². The maximum Gasteiger partial charge on any atom is 0.0430 e. The van der Waals surface area contributed by atoms with E-state index in [1.54, 1.807) is 0 Å². The number of hydrogen-bond acceptors (Lipinski definition) is 3. The van der Waals surface area contributed by atoms with Crippen LogP contribution in [0.15, 0.2) is 47.2 Å². The number of anilines is 1. The average Bonchev–Trinajstić information content (AvgIpc) is 2.47. The first-order valence-electron chi connectivity index (χ1n) is 7.28. The molecule has 2 rings (SSSR count). The fourth-order valence-electron chi connectivity index (χ4n) is 2.34. The van der Waals surface area contributed by atoms with Crippen molar-refractivity contribution in [1.82, 2.24) is 4.98 Å². The second-order valence-corrected chi connectivity index (χ2v) is 6.18. The number of nitrogens with two attached hydrogens (primary N) is 1. The van der Waals surface area contributed by atoms with Crippen LogP contribution in [0, 0.1) is 0 Å². The zero-order valence-corrected chi connectivity index (χ0v) is 14.2. The summed E-state index contributed by atoms with van der Waals surface area (Å²) < 4.78 is 1.13. The van der Waals surface area contributed by atoms with Crippen LogP contribution in [-0.4, -0.2) is 17.6 Å². The summed E-state index contributed by atoms with van der Waals surface area (Å²) in [6.45, 7) is 6.05. The Labute approximate surface area is 135 Å². The van der Waals surface area contributed by atoms with E-state index in [9.17, 15) is 0 Å². The van der Waals surface area contributed by atoms with Crippen LogP contribution in [-0.2, 0) is 13.0 Å². The van der Waals surface area contributed by atoms with Crippen LogP contribution < -0.4 is 10.6 Å². The quantitative estimate of drug-likeness (QED) is 0.864. The minimum Gasteiger partial charge on any atom is -0.367 e. The summed E-state index contributed by atoms with van der Waals surface area (Å²) in [6.07, 6.45) is 4.56. The lowest BCUT2D eigenvalue weighted by atomic mass is 10.1. The van der Waals surface area contributed by atoms with Crippen molar-refractivity contribution in [3.8, 4) is 0 Å². The summed E-state index contributed by atoms with van der Waals surface area (Å²) in [7, 11) is 0. The first-order chi connectivity index (χ1) is 10.1. The molecule has 0 fully saturated rings. The second-order valence-electron chi connectivity index (χ2n) is 5.33. The molecule has 112 valence electrons. The lowest BCUT2D eigenvalue weighted by Gasteiger charge is -2.24. The van der Waals surface area contributed by atoms with Crippen molar-refractivity contribution >= 4 is 21.6 Å². The molecule has 0 saturated heterocycles. The number of pyridine rings is 1. The van der Waals surface area contributed by atoms with Crippen LogP contribution in [0.4, 0.5) is 5.69 Å². The molecule has 1 heterocycles. The topological polar surface area (TPSA) is 42.2 Å². The molecular weight excluding hydrogens is 326 g/mol. The van der Waals surface area contributed by atoms with Gasteiger partial charge in [-0.05, 0) is 55.7 Å². The van der Waals surface area contributed by atoms with E-state index in [1.807, 2.05) is 19.3 Å². The van der Waals surface area contributed by atoms with Gasteiger partial charge in [0, 0.05) is 41.7 Å². The van der Waals surface area contributed by atoms with E-state index in [-0.39, 0.29) is 6.04 Å². The van der Waals surface area contributed by atoms with E-state index >= 15 is 0 Å². The SMILES string of the molecule is CCN(Cc1ccncc1)c1ccc(CC(C)N)c(Br)c1. The lowest BCUT2D eigenvalue weighted by Crippen LogP contribution is -2.22. The molecule has 3 nitrogen and oxygen atoms in total. The van der Waals surface area contributed by atoms with Gasteiger partial charge in [0.2, 0.25) is 0 Å². The highest BCUT2D eigenvalue weighted by Gasteiger charge is 2.09. The van der Waals surface area contributed by atoms with Gasteiger partial charge in [0.15, 0.2) is 0 Å². The monoisotopic (exact) mass is 347 g/mol. The van der Waals surface area contributed by atoms with Crippen LogP contribution >= 0.6 is 15.9 Å². The van der Waals surface area contributed by atoms with Gasteiger partial charge in [0.05, 0.1) is 0 Å². The van der Waals surface area contributed by atoms with Crippen molar-refractivity contribution < 1.29 is 0 Å². The normalized spacial score (nSPS) is 12.2. The van der Waals surface area contributed by atoms with E-state index in [0.29, 0.717) is 0 Å². The first-order valence-corrected chi connectivity index (χ1v) is 8.07. The number of halogens is 1. The lowest BCUT2D eigenvalue weighted by molar-refractivity contribution is 0.735. The second kappa shape index (κ2) is 7.57. The highest BCUT2D eigenvalue weighted by molar-refractivity contribution is 9.10. The van der Waals surface area contributed by atoms with E-state index in [4.69, 9.17) is 5.73 Å². The van der Waals surface area contributed by atoms with Crippen LogP contribution in [0.1, 0.15) is 25.0 Å². The third kappa shape index (κ3) is 4.55. The third-order valence-electron chi connectivity index (χ3n) is 3.45. The molecule has 0 radical (unpaired) electrons. The molecule has 0 aliphatic carbocycles. The highest BCUT2D eigenvalue weighted by Crippen LogP contribution is 2.26. The van der Waals surface area contributed by atoms with Crippen LogP contribution in [0.5, 0.6) is 0 Å². The summed E-state index contributed by atoms with van der Waals surface area (Å²) >= 11 is 3.67. The minimum atomic E-state index is 0.172. The van der Waals surface area contributed by atoms with Crippen LogP contribution in [0.3, 0.4) is 0 Å². The molecule has 1 unspecified atom stereocenters. The van der Waals surface area contributed by atoms with Gasteiger partial charge in [0.1, 0.15) is 0 Å². The van der Waals surface area contributed by atoms with Gasteiger partial charge in [-0.1, -0.05) is 22.0 Å². The van der Waals surface area contributed by atoms with E-state index < -0.39 is 0 Å². The zero-order valence-electron chi connectivity index (χ0n) is 12.6. The molecule has 0 amide bonds. The van der Waals surface area contributed by atoms with Crippen molar-refractivity contribution in [3.05, 3.63) is 58.3 Å². The molecule has 1 aromatic heterocycles. The summed E-state index contributed by atoms with van der Waals surface area (Å²) in [5.74, 6) is 0. The predicted molar refractivity (Wildman–Crippen MR) is 92.5 cm³/mol. The minimum absolute atomic E-state index is 0.172. The Morgan fingerprint density at radius 2 is 1.95 bits per heavy atom. The van der Waals surface area contributed by atoms with Gasteiger partial charge in [-0.15, -0.1) is 0 Å². The Morgan fingerprint density at radius 1 is 1.24 bits per heavy atom. The van der Waals surface area contributed by atoms with E-state index in [0.717, 1.165) is 24.0 Å². The molecule has 2 N–H and O–H groups in total. The van der Waals surface area contributed by atoms with Crippen LogP contribution in [0.25, 0.3) is 0 Å². The fraction of sp³-hybridized carbons (Fsp3) is 0.353. The van der Waals surface area contributed by atoms with Gasteiger partial charge >= 0.3 is 0 Å². The molecule has 21 heavy (non-hydrogen) atoms. The zero-order chi connectivity index (χ0) is 15.2. The molecule has 0 bridgehead atoms. The number of aromatic nitrogens is 1. The van der Waals surface area contributed by atoms with Crippen molar-refractivity contribution in [2.45, 2.75) is 32.9 Å². The van der Waals surface area contributed by atoms with E-state index in [2.05, 4.69) is 63.1 Å². The van der Waals surface area contributed by atoms with Gasteiger partial charge in [-0.3, -0.25) is 4.98 Å². The fourth-order valence-corrected chi connectivity index (χ4v) is 2.87. The molecular formula is C17H22BrN3. The summed E-state index contributed by atoms with van der Waals surface area (Å²) in [5, 5.41) is 0. The van der Waals surface area contributed by atoms with E-state index in [1.165, 1.54) is 16.8 Å². The van der Waals surface area contributed by atoms with Crippen molar-refractivity contribution in [1.29, 1.82) is 0 Å². The van der Waals surface area contributed by atoms with Crippen molar-refractivity contribution in [3.63, 3.8) is 0 Å². The largest absolute Gasteiger partial charge is 0.367 e. The number of hydrogen-bond donors (Lipinski definition) is 1. The molecule has 4 heteroatoms. The average molecular weight is 348 g/mol. The number of benzene rings is 1. The Balaban J connectivity index is 2.17. The van der Waals surface area contributed by atoms with Crippen LogP contribution in [0.2, 0.25) is 0 Å². The molecule has 0 aliphatic rings. The molecule has 1 atom stereocenters. The number of nitrogens with zero attached hydrogens (tertiary/aromatic N) is 2. The highest BCUT2D eigenvalue weighted by atomic mass is 79.9. The standard InChI is InChI=1S/C17H22BrN3/c1-3-21(12-14-6-8-20-9-7-14)16-5-4-15(10-13(2)19)17(18)11-16/h4-9,11,13H,3,10,12,19H2,1-2H3. The molecule has 1 aromatic carbocycles. The molecule has 0 saturated carbocycles. The summed E-state index contributed by atoms with van der Waals surface area (Å²) in [5.41, 5.74) is 9.62. The Morgan fingerprint density at radius 3 is 2.52 bits per heavy atom.